The van der Waals surface area contributed by atoms with Gasteiger partial charge in [-0.15, -0.1) is 10.2 Å². The maximum absolute atomic E-state index is 5.28. The molecule has 0 bridgehead atoms. The summed E-state index contributed by atoms with van der Waals surface area (Å²) in [5.74, 6) is 2.97. The van der Waals surface area contributed by atoms with Crippen molar-refractivity contribution in [3.05, 3.63) is 5.89 Å². The predicted octanol–water partition coefficient (Wildman–Crippen LogP) is 3.14. The fourth-order valence-electron chi connectivity index (χ4n) is 0.930. The normalized spacial score (nSPS) is 13.5. The zero-order chi connectivity index (χ0) is 10.6. The fourth-order valence-corrected chi connectivity index (χ4v) is 3.35. The Labute approximate surface area is 97.2 Å². The number of nitrogens with zero attached hydrogens (tertiary/aromatic N) is 2. The first-order chi connectivity index (χ1) is 6.63. The predicted molar refractivity (Wildman–Crippen MR) is 61.9 cm³/mol. The summed E-state index contributed by atoms with van der Waals surface area (Å²) in [4.78, 5) is 0. The number of aromatic nitrogens is 2. The Kier molecular flexibility index (Phi) is 4.95. The van der Waals surface area contributed by atoms with Crippen molar-refractivity contribution in [1.82, 2.24) is 10.2 Å². The van der Waals surface area contributed by atoms with Gasteiger partial charge in [-0.2, -0.15) is 0 Å². The van der Waals surface area contributed by atoms with Crippen LogP contribution in [0.3, 0.4) is 0 Å². The first kappa shape index (κ1) is 12.0. The summed E-state index contributed by atoms with van der Waals surface area (Å²) >= 11 is 5.15. The molecule has 1 aromatic heterocycles. The third-order valence-corrected chi connectivity index (χ3v) is 3.91. The molecule has 3 nitrogen and oxygen atoms in total. The van der Waals surface area contributed by atoms with E-state index >= 15 is 0 Å². The third-order valence-electron chi connectivity index (χ3n) is 2.07. The highest BCUT2D eigenvalue weighted by molar-refractivity contribution is 9.09. The molecule has 80 valence electrons. The van der Waals surface area contributed by atoms with Crippen LogP contribution in [0, 0.1) is 18.8 Å². The van der Waals surface area contributed by atoms with Crippen LogP contribution in [0.2, 0.25) is 0 Å². The molecule has 1 unspecified atom stereocenters. The van der Waals surface area contributed by atoms with Gasteiger partial charge in [-0.1, -0.05) is 41.5 Å². The number of thioether (sulfide) groups is 1. The van der Waals surface area contributed by atoms with Crippen LogP contribution in [-0.2, 0) is 0 Å². The molecule has 0 aliphatic heterocycles. The number of rotatable bonds is 5. The Bertz CT molecular complexity index is 278. The summed E-state index contributed by atoms with van der Waals surface area (Å²) in [5.41, 5.74) is 0. The molecule has 0 spiro atoms. The van der Waals surface area contributed by atoms with Gasteiger partial charge in [0.05, 0.1) is 0 Å². The first-order valence-corrected chi connectivity index (χ1v) is 6.73. The number of hydrogen-bond acceptors (Lipinski definition) is 4. The fraction of sp³-hybridized carbons (Fsp3) is 0.778. The van der Waals surface area contributed by atoms with E-state index in [2.05, 4.69) is 40.0 Å². The summed E-state index contributed by atoms with van der Waals surface area (Å²) in [5, 5.41) is 9.42. The van der Waals surface area contributed by atoms with Gasteiger partial charge in [0.2, 0.25) is 5.89 Å². The smallest absolute Gasteiger partial charge is 0.276 e. The maximum atomic E-state index is 5.28. The van der Waals surface area contributed by atoms with Crippen molar-refractivity contribution in [2.75, 3.05) is 11.1 Å². The van der Waals surface area contributed by atoms with Gasteiger partial charge < -0.3 is 4.42 Å². The van der Waals surface area contributed by atoms with E-state index in [9.17, 15) is 0 Å². The highest BCUT2D eigenvalue weighted by atomic mass is 79.9. The lowest BCUT2D eigenvalue weighted by molar-refractivity contribution is 0.425. The lowest BCUT2D eigenvalue weighted by Gasteiger charge is -2.15. The van der Waals surface area contributed by atoms with Crippen molar-refractivity contribution >= 4 is 27.7 Å². The first-order valence-electron chi connectivity index (χ1n) is 4.62. The Morgan fingerprint density at radius 3 is 2.57 bits per heavy atom. The molecule has 0 radical (unpaired) electrons. The Balaban J connectivity index is 2.39. The van der Waals surface area contributed by atoms with Gasteiger partial charge in [0.15, 0.2) is 0 Å². The van der Waals surface area contributed by atoms with Crippen LogP contribution < -0.4 is 0 Å². The van der Waals surface area contributed by atoms with E-state index in [-0.39, 0.29) is 0 Å². The summed E-state index contributed by atoms with van der Waals surface area (Å²) in [7, 11) is 0. The second kappa shape index (κ2) is 5.75. The summed E-state index contributed by atoms with van der Waals surface area (Å²) in [6.45, 7) is 6.26. The molecule has 1 atom stereocenters. The van der Waals surface area contributed by atoms with Crippen molar-refractivity contribution in [2.45, 2.75) is 26.0 Å². The van der Waals surface area contributed by atoms with Crippen molar-refractivity contribution in [2.24, 2.45) is 11.8 Å². The van der Waals surface area contributed by atoms with Crippen LogP contribution in [0.5, 0.6) is 0 Å². The van der Waals surface area contributed by atoms with E-state index in [1.807, 2.05) is 6.92 Å². The molecule has 1 aromatic rings. The second-order valence-corrected chi connectivity index (χ2v) is 5.18. The lowest BCUT2D eigenvalue weighted by Crippen LogP contribution is -2.12. The third kappa shape index (κ3) is 3.61. The van der Waals surface area contributed by atoms with E-state index in [1.54, 1.807) is 11.8 Å². The number of alkyl halides is 1. The molecule has 0 saturated heterocycles. The number of halogens is 1. The molecule has 1 rings (SSSR count). The van der Waals surface area contributed by atoms with E-state index in [4.69, 9.17) is 4.42 Å². The molecule has 0 N–H and O–H groups in total. The largest absolute Gasteiger partial charge is 0.416 e. The number of aryl methyl sites for hydroxylation is 1. The van der Waals surface area contributed by atoms with Crippen LogP contribution in [0.1, 0.15) is 19.7 Å². The molecule has 0 aromatic carbocycles. The SMILES string of the molecule is Cc1nnc(SCC(CBr)C(C)C)o1. The molecule has 0 aliphatic rings. The quantitative estimate of drug-likeness (QED) is 0.613. The molecular formula is C9H15BrN2OS. The van der Waals surface area contributed by atoms with Crippen LogP contribution >= 0.6 is 27.7 Å². The monoisotopic (exact) mass is 278 g/mol. The second-order valence-electron chi connectivity index (χ2n) is 3.56. The van der Waals surface area contributed by atoms with E-state index in [1.165, 1.54) is 0 Å². The van der Waals surface area contributed by atoms with E-state index < -0.39 is 0 Å². The van der Waals surface area contributed by atoms with E-state index in [0.717, 1.165) is 11.1 Å². The van der Waals surface area contributed by atoms with E-state index in [0.29, 0.717) is 22.9 Å². The van der Waals surface area contributed by atoms with Gasteiger partial charge in [-0.3, -0.25) is 0 Å². The summed E-state index contributed by atoms with van der Waals surface area (Å²) < 4.78 is 5.28. The number of hydrogen-bond donors (Lipinski definition) is 0. The topological polar surface area (TPSA) is 38.9 Å². The maximum Gasteiger partial charge on any atom is 0.276 e. The minimum absolute atomic E-state index is 0.632. The average Bonchev–Trinajstić information content (AvgIpc) is 2.52. The zero-order valence-electron chi connectivity index (χ0n) is 8.66. The Morgan fingerprint density at radius 2 is 2.14 bits per heavy atom. The molecule has 0 amide bonds. The molecule has 5 heteroatoms. The highest BCUT2D eigenvalue weighted by Gasteiger charge is 2.14. The lowest BCUT2D eigenvalue weighted by atomic mass is 10.0. The minimum atomic E-state index is 0.632. The van der Waals surface area contributed by atoms with Crippen molar-refractivity contribution in [3.63, 3.8) is 0 Å². The molecule has 0 fully saturated rings. The van der Waals surface area contributed by atoms with Crippen LogP contribution in [0.25, 0.3) is 0 Å². The van der Waals surface area contributed by atoms with Crippen molar-refractivity contribution in [3.8, 4) is 0 Å². The molecular weight excluding hydrogens is 264 g/mol. The van der Waals surface area contributed by atoms with Crippen LogP contribution in [0.15, 0.2) is 9.64 Å². The van der Waals surface area contributed by atoms with Gasteiger partial charge in [-0.25, -0.2) is 0 Å². The molecule has 0 saturated carbocycles. The minimum Gasteiger partial charge on any atom is -0.416 e. The Morgan fingerprint density at radius 1 is 1.43 bits per heavy atom. The van der Waals surface area contributed by atoms with Gasteiger partial charge in [-0.05, 0) is 11.8 Å². The standard InChI is InChI=1S/C9H15BrN2OS/c1-6(2)8(4-10)5-14-9-12-11-7(3)13-9/h6,8H,4-5H2,1-3H3. The van der Waals surface area contributed by atoms with Gasteiger partial charge in [0, 0.05) is 18.0 Å². The summed E-state index contributed by atoms with van der Waals surface area (Å²) in [6.07, 6.45) is 0. The van der Waals surface area contributed by atoms with Gasteiger partial charge >= 0.3 is 0 Å². The summed E-state index contributed by atoms with van der Waals surface area (Å²) in [6, 6.07) is 0. The zero-order valence-corrected chi connectivity index (χ0v) is 11.1. The molecule has 14 heavy (non-hydrogen) atoms. The highest BCUT2D eigenvalue weighted by Crippen LogP contribution is 2.24. The van der Waals surface area contributed by atoms with Gasteiger partial charge in [0.25, 0.3) is 5.22 Å². The van der Waals surface area contributed by atoms with Crippen LogP contribution in [0.4, 0.5) is 0 Å². The average molecular weight is 279 g/mol. The molecule has 0 aliphatic carbocycles. The van der Waals surface area contributed by atoms with Gasteiger partial charge in [0.1, 0.15) is 0 Å². The molecule has 1 heterocycles. The van der Waals surface area contributed by atoms with Crippen molar-refractivity contribution < 1.29 is 4.42 Å². The van der Waals surface area contributed by atoms with Crippen molar-refractivity contribution in [1.29, 1.82) is 0 Å². The van der Waals surface area contributed by atoms with Crippen LogP contribution in [-0.4, -0.2) is 21.3 Å². The Hall–Kier alpha value is -0.0300.